The smallest absolute Gasteiger partial charge is 0.335 e. The quantitative estimate of drug-likeness (QED) is 0.724. The van der Waals surface area contributed by atoms with Gasteiger partial charge in [-0.15, -0.1) is 0 Å². The normalized spacial score (nSPS) is 22.9. The van der Waals surface area contributed by atoms with Crippen molar-refractivity contribution in [2.75, 3.05) is 26.7 Å². The van der Waals surface area contributed by atoms with Crippen molar-refractivity contribution in [2.24, 2.45) is 5.92 Å². The summed E-state index contributed by atoms with van der Waals surface area (Å²) in [6.07, 6.45) is -4.09. The lowest BCUT2D eigenvalue weighted by Gasteiger charge is -2.17. The molecule has 0 aromatic rings. The van der Waals surface area contributed by atoms with Crippen molar-refractivity contribution < 1.29 is 18.0 Å². The summed E-state index contributed by atoms with van der Waals surface area (Å²) in [5.41, 5.74) is 0. The molecule has 0 aliphatic carbocycles. The SMILES string of the molecule is CNCC1CCN(C(=O)C(F)(F)F)C1. The van der Waals surface area contributed by atoms with Crippen LogP contribution < -0.4 is 5.32 Å². The monoisotopic (exact) mass is 210 g/mol. The number of rotatable bonds is 2. The Morgan fingerprint density at radius 1 is 1.57 bits per heavy atom. The second-order valence-electron chi connectivity index (χ2n) is 3.46. The molecule has 1 atom stereocenters. The minimum Gasteiger partial charge on any atom is -0.335 e. The van der Waals surface area contributed by atoms with Gasteiger partial charge in [0.15, 0.2) is 0 Å². The van der Waals surface area contributed by atoms with Gasteiger partial charge in [0.1, 0.15) is 0 Å². The zero-order valence-electron chi connectivity index (χ0n) is 7.90. The first-order chi connectivity index (χ1) is 6.45. The number of hydrogen-bond acceptors (Lipinski definition) is 2. The van der Waals surface area contributed by atoms with E-state index in [-0.39, 0.29) is 19.0 Å². The number of carbonyl (C=O) groups is 1. The standard InChI is InChI=1S/C8H13F3N2O/c1-12-4-6-2-3-13(5-6)7(14)8(9,10)11/h6,12H,2-5H2,1H3. The van der Waals surface area contributed by atoms with Crippen LogP contribution in [0.15, 0.2) is 0 Å². The predicted octanol–water partition coefficient (Wildman–Crippen LogP) is 0.617. The highest BCUT2D eigenvalue weighted by Crippen LogP contribution is 2.23. The van der Waals surface area contributed by atoms with E-state index in [1.165, 1.54) is 0 Å². The Labute approximate surface area is 80.3 Å². The molecule has 0 aromatic heterocycles. The molecular formula is C8H13F3N2O. The Morgan fingerprint density at radius 3 is 2.71 bits per heavy atom. The summed E-state index contributed by atoms with van der Waals surface area (Å²) in [6.45, 7) is 1.07. The van der Waals surface area contributed by atoms with Crippen molar-refractivity contribution in [3.05, 3.63) is 0 Å². The first kappa shape index (κ1) is 11.3. The van der Waals surface area contributed by atoms with Gasteiger partial charge in [-0.25, -0.2) is 0 Å². The van der Waals surface area contributed by atoms with E-state index in [0.717, 1.165) is 4.90 Å². The van der Waals surface area contributed by atoms with E-state index in [2.05, 4.69) is 5.32 Å². The molecule has 1 rings (SSSR count). The summed E-state index contributed by atoms with van der Waals surface area (Å²) >= 11 is 0. The van der Waals surface area contributed by atoms with Crippen molar-refractivity contribution in [3.63, 3.8) is 0 Å². The zero-order chi connectivity index (χ0) is 10.8. The molecule has 82 valence electrons. The van der Waals surface area contributed by atoms with Crippen molar-refractivity contribution >= 4 is 5.91 Å². The highest BCUT2D eigenvalue weighted by Gasteiger charge is 2.44. The van der Waals surface area contributed by atoms with E-state index >= 15 is 0 Å². The van der Waals surface area contributed by atoms with E-state index < -0.39 is 12.1 Å². The maximum atomic E-state index is 12.0. The molecule has 1 aliphatic heterocycles. The maximum Gasteiger partial charge on any atom is 0.471 e. The molecule has 3 nitrogen and oxygen atoms in total. The van der Waals surface area contributed by atoms with Crippen LogP contribution in [0.2, 0.25) is 0 Å². The van der Waals surface area contributed by atoms with Gasteiger partial charge in [0.2, 0.25) is 0 Å². The number of nitrogens with zero attached hydrogens (tertiary/aromatic N) is 1. The van der Waals surface area contributed by atoms with Gasteiger partial charge in [-0.1, -0.05) is 0 Å². The number of carbonyl (C=O) groups excluding carboxylic acids is 1. The summed E-state index contributed by atoms with van der Waals surface area (Å²) in [4.78, 5) is 11.7. The van der Waals surface area contributed by atoms with Crippen molar-refractivity contribution in [1.82, 2.24) is 10.2 Å². The Kier molecular flexibility index (Phi) is 3.36. The number of amides is 1. The minimum atomic E-state index is -4.73. The zero-order valence-corrected chi connectivity index (χ0v) is 7.90. The molecule has 14 heavy (non-hydrogen) atoms. The lowest BCUT2D eigenvalue weighted by atomic mass is 10.1. The van der Waals surface area contributed by atoms with E-state index in [1.54, 1.807) is 7.05 Å². The van der Waals surface area contributed by atoms with Crippen LogP contribution in [0.25, 0.3) is 0 Å². The summed E-state index contributed by atoms with van der Waals surface area (Å²) in [7, 11) is 1.74. The molecule has 1 unspecified atom stereocenters. The van der Waals surface area contributed by atoms with Crippen molar-refractivity contribution in [2.45, 2.75) is 12.6 Å². The third-order valence-corrected chi connectivity index (χ3v) is 2.31. The fraction of sp³-hybridized carbons (Fsp3) is 0.875. The second-order valence-corrected chi connectivity index (χ2v) is 3.46. The maximum absolute atomic E-state index is 12.0. The Morgan fingerprint density at radius 2 is 2.21 bits per heavy atom. The fourth-order valence-corrected chi connectivity index (χ4v) is 1.65. The highest BCUT2D eigenvalue weighted by atomic mass is 19.4. The van der Waals surface area contributed by atoms with Gasteiger partial charge >= 0.3 is 12.1 Å². The second kappa shape index (κ2) is 4.16. The third kappa shape index (κ3) is 2.60. The summed E-state index contributed by atoms with van der Waals surface area (Å²) in [5, 5.41) is 2.89. The van der Waals surface area contributed by atoms with Crippen molar-refractivity contribution in [3.8, 4) is 0 Å². The molecule has 1 amide bonds. The molecule has 0 radical (unpaired) electrons. The van der Waals surface area contributed by atoms with E-state index in [1.807, 2.05) is 0 Å². The van der Waals surface area contributed by atoms with Gasteiger partial charge in [-0.3, -0.25) is 4.79 Å². The number of nitrogens with one attached hydrogen (secondary N) is 1. The molecular weight excluding hydrogens is 197 g/mol. The molecule has 0 bridgehead atoms. The molecule has 1 aliphatic rings. The van der Waals surface area contributed by atoms with E-state index in [9.17, 15) is 18.0 Å². The minimum absolute atomic E-state index is 0.145. The molecule has 1 N–H and O–H groups in total. The molecule has 6 heteroatoms. The highest BCUT2D eigenvalue weighted by molar-refractivity contribution is 5.82. The lowest BCUT2D eigenvalue weighted by Crippen LogP contribution is -2.40. The van der Waals surface area contributed by atoms with Gasteiger partial charge in [0.25, 0.3) is 0 Å². The van der Waals surface area contributed by atoms with Gasteiger partial charge in [0.05, 0.1) is 0 Å². The van der Waals surface area contributed by atoms with Crippen LogP contribution in [-0.4, -0.2) is 43.7 Å². The molecule has 0 spiro atoms. The van der Waals surface area contributed by atoms with Crippen molar-refractivity contribution in [1.29, 1.82) is 0 Å². The van der Waals surface area contributed by atoms with Crippen LogP contribution in [0.4, 0.5) is 13.2 Å². The van der Waals surface area contributed by atoms with Crippen LogP contribution >= 0.6 is 0 Å². The average Bonchev–Trinajstić information content (AvgIpc) is 2.50. The van der Waals surface area contributed by atoms with Gasteiger partial charge < -0.3 is 10.2 Å². The predicted molar refractivity (Wildman–Crippen MR) is 44.7 cm³/mol. The van der Waals surface area contributed by atoms with Crippen LogP contribution in [0.1, 0.15) is 6.42 Å². The Hall–Kier alpha value is -0.780. The fourth-order valence-electron chi connectivity index (χ4n) is 1.65. The first-order valence-electron chi connectivity index (χ1n) is 4.46. The molecule has 1 saturated heterocycles. The van der Waals surface area contributed by atoms with Gasteiger partial charge in [0, 0.05) is 13.1 Å². The first-order valence-corrected chi connectivity index (χ1v) is 4.46. The van der Waals surface area contributed by atoms with E-state index in [0.29, 0.717) is 13.0 Å². The number of alkyl halides is 3. The third-order valence-electron chi connectivity index (χ3n) is 2.31. The molecule has 1 heterocycles. The molecule has 0 aromatic carbocycles. The van der Waals surface area contributed by atoms with Gasteiger partial charge in [-0.05, 0) is 25.9 Å². The van der Waals surface area contributed by atoms with Crippen LogP contribution in [0.5, 0.6) is 0 Å². The molecule has 0 saturated carbocycles. The number of halogens is 3. The summed E-state index contributed by atoms with van der Waals surface area (Å²) in [6, 6.07) is 0. The average molecular weight is 210 g/mol. The van der Waals surface area contributed by atoms with Crippen LogP contribution in [0.3, 0.4) is 0 Å². The largest absolute Gasteiger partial charge is 0.471 e. The Balaban J connectivity index is 2.46. The number of hydrogen-bond donors (Lipinski definition) is 1. The van der Waals surface area contributed by atoms with Crippen LogP contribution in [0, 0.1) is 5.92 Å². The van der Waals surface area contributed by atoms with E-state index in [4.69, 9.17) is 0 Å². The Bertz CT molecular complexity index is 217. The number of likely N-dealkylation sites (tertiary alicyclic amines) is 1. The van der Waals surface area contributed by atoms with Crippen LogP contribution in [-0.2, 0) is 4.79 Å². The summed E-state index contributed by atoms with van der Waals surface area (Å²) < 4.78 is 36.0. The van der Waals surface area contributed by atoms with Gasteiger partial charge in [-0.2, -0.15) is 13.2 Å². The lowest BCUT2D eigenvalue weighted by molar-refractivity contribution is -0.184. The topological polar surface area (TPSA) is 32.3 Å². The summed E-state index contributed by atoms with van der Waals surface area (Å²) in [5.74, 6) is -1.57. The molecule has 1 fully saturated rings.